The first kappa shape index (κ1) is 25.0. The second kappa shape index (κ2) is 12.0. The van der Waals surface area contributed by atoms with Gasteiger partial charge < -0.3 is 15.8 Å². The summed E-state index contributed by atoms with van der Waals surface area (Å²) in [5, 5.41) is 2.40. The highest BCUT2D eigenvalue weighted by molar-refractivity contribution is 7.97. The third kappa shape index (κ3) is 8.47. The highest BCUT2D eigenvalue weighted by Gasteiger charge is 2.17. The van der Waals surface area contributed by atoms with Crippen molar-refractivity contribution in [1.82, 2.24) is 9.44 Å². The summed E-state index contributed by atoms with van der Waals surface area (Å²) in [5.41, 5.74) is 6.42. The summed E-state index contributed by atoms with van der Waals surface area (Å²) in [7, 11) is -4.01. The molecule has 0 bridgehead atoms. The average Bonchev–Trinajstić information content (AvgIpc) is 2.73. The summed E-state index contributed by atoms with van der Waals surface area (Å²) in [4.78, 5) is 34.6. The van der Waals surface area contributed by atoms with Crippen molar-refractivity contribution in [3.63, 3.8) is 0 Å². The van der Waals surface area contributed by atoms with Crippen LogP contribution in [0.1, 0.15) is 28.8 Å². The second-order valence-electron chi connectivity index (χ2n) is 6.61. The lowest BCUT2D eigenvalue weighted by Gasteiger charge is -2.09. The number of primary amides is 1. The molecule has 0 unspecified atom stereocenters. The lowest BCUT2D eigenvalue weighted by atomic mass is 10.2. The lowest BCUT2D eigenvalue weighted by molar-refractivity contribution is 0.0500. The van der Waals surface area contributed by atoms with Crippen molar-refractivity contribution >= 4 is 45.7 Å². The summed E-state index contributed by atoms with van der Waals surface area (Å²) < 4.78 is 34.0. The highest BCUT2D eigenvalue weighted by atomic mass is 32.2. The number of sulfonamides is 1. The SMILES string of the molecule is Cc1ccc(S(=O)(=O)NC(=O)Nc2ccc(C(=O)OCCCCSNC(N)=O)cc2)cc1. The molecule has 0 atom stereocenters. The van der Waals surface area contributed by atoms with Crippen molar-refractivity contribution in [2.75, 3.05) is 17.7 Å². The van der Waals surface area contributed by atoms with Gasteiger partial charge >= 0.3 is 18.0 Å². The van der Waals surface area contributed by atoms with Crippen molar-refractivity contribution < 1.29 is 27.5 Å². The molecular weight excluding hydrogens is 456 g/mol. The van der Waals surface area contributed by atoms with Gasteiger partial charge in [0, 0.05) is 11.4 Å². The van der Waals surface area contributed by atoms with Gasteiger partial charge in [-0.05, 0) is 68.1 Å². The minimum atomic E-state index is -4.01. The molecule has 0 aliphatic rings. The van der Waals surface area contributed by atoms with E-state index in [0.29, 0.717) is 17.9 Å². The van der Waals surface area contributed by atoms with Crippen LogP contribution in [0.2, 0.25) is 0 Å². The van der Waals surface area contributed by atoms with Crippen LogP contribution in [0.4, 0.5) is 15.3 Å². The molecule has 0 fully saturated rings. The molecule has 0 saturated carbocycles. The normalized spacial score (nSPS) is 10.8. The maximum atomic E-state index is 12.2. The Morgan fingerprint density at radius 3 is 2.28 bits per heavy atom. The Labute approximate surface area is 190 Å². The van der Waals surface area contributed by atoms with Crippen LogP contribution < -0.4 is 20.5 Å². The van der Waals surface area contributed by atoms with Crippen LogP contribution in [-0.2, 0) is 14.8 Å². The fourth-order valence-electron chi connectivity index (χ4n) is 2.39. The zero-order chi connectivity index (χ0) is 23.6. The first-order chi connectivity index (χ1) is 15.2. The van der Waals surface area contributed by atoms with Crippen molar-refractivity contribution in [3.8, 4) is 0 Å². The number of urea groups is 2. The molecule has 0 heterocycles. The van der Waals surface area contributed by atoms with Crippen LogP contribution >= 0.6 is 11.9 Å². The van der Waals surface area contributed by atoms with E-state index in [-0.39, 0.29) is 17.1 Å². The van der Waals surface area contributed by atoms with Gasteiger partial charge in [0.05, 0.1) is 17.1 Å². The number of hydrogen-bond acceptors (Lipinski definition) is 7. The smallest absolute Gasteiger partial charge is 0.338 e. The third-order valence-corrected chi connectivity index (χ3v) is 6.17. The average molecular weight is 481 g/mol. The Morgan fingerprint density at radius 2 is 1.66 bits per heavy atom. The van der Waals surface area contributed by atoms with E-state index < -0.39 is 28.1 Å². The Morgan fingerprint density at radius 1 is 1.00 bits per heavy atom. The van der Waals surface area contributed by atoms with Gasteiger partial charge in [-0.25, -0.2) is 27.5 Å². The monoisotopic (exact) mass is 480 g/mol. The molecule has 0 saturated heterocycles. The molecule has 172 valence electrons. The fraction of sp³-hybridized carbons (Fsp3) is 0.250. The Bertz CT molecular complexity index is 1040. The second-order valence-corrected chi connectivity index (χ2v) is 9.19. The number of anilines is 1. The quantitative estimate of drug-likeness (QED) is 0.231. The van der Waals surface area contributed by atoms with E-state index in [1.165, 1.54) is 48.3 Å². The molecule has 2 rings (SSSR count). The molecular formula is C20H24N4O6S2. The zero-order valence-corrected chi connectivity index (χ0v) is 18.9. The summed E-state index contributed by atoms with van der Waals surface area (Å²) in [6.45, 7) is 2.04. The van der Waals surface area contributed by atoms with Crippen LogP contribution in [-0.4, -0.2) is 38.8 Å². The number of benzene rings is 2. The first-order valence-electron chi connectivity index (χ1n) is 9.52. The minimum absolute atomic E-state index is 0.0286. The van der Waals surface area contributed by atoms with E-state index in [4.69, 9.17) is 10.5 Å². The van der Waals surface area contributed by atoms with Crippen LogP contribution in [0.15, 0.2) is 53.4 Å². The number of ether oxygens (including phenoxy) is 1. The number of nitrogens with two attached hydrogens (primary N) is 1. The molecule has 0 aromatic heterocycles. The number of carbonyl (C=O) groups is 3. The number of hydrogen-bond donors (Lipinski definition) is 4. The summed E-state index contributed by atoms with van der Waals surface area (Å²) in [6.07, 6.45) is 1.34. The highest BCUT2D eigenvalue weighted by Crippen LogP contribution is 2.13. The van der Waals surface area contributed by atoms with E-state index in [1.54, 1.807) is 12.1 Å². The van der Waals surface area contributed by atoms with E-state index in [0.717, 1.165) is 12.0 Å². The zero-order valence-electron chi connectivity index (χ0n) is 17.3. The molecule has 2 aromatic carbocycles. The van der Waals surface area contributed by atoms with Crippen molar-refractivity contribution in [2.24, 2.45) is 5.73 Å². The number of aryl methyl sites for hydroxylation is 1. The standard InChI is InChI=1S/C20H24N4O6S2/c1-14-4-10-17(11-5-14)32(28,29)24-20(27)22-16-8-6-15(7-9-16)18(25)30-12-2-3-13-31-23-19(21)26/h4-11H,2-3,12-13H2,1H3,(H3,21,23,26)(H2,22,24,27). The van der Waals surface area contributed by atoms with Gasteiger partial charge in [-0.1, -0.05) is 17.7 Å². The van der Waals surface area contributed by atoms with Gasteiger partial charge in [-0.2, -0.15) is 0 Å². The van der Waals surface area contributed by atoms with Crippen molar-refractivity contribution in [1.29, 1.82) is 0 Å². The van der Waals surface area contributed by atoms with E-state index in [9.17, 15) is 22.8 Å². The molecule has 32 heavy (non-hydrogen) atoms. The molecule has 0 spiro atoms. The maximum absolute atomic E-state index is 12.2. The van der Waals surface area contributed by atoms with E-state index in [2.05, 4.69) is 10.0 Å². The minimum Gasteiger partial charge on any atom is -0.462 e. The largest absolute Gasteiger partial charge is 0.462 e. The van der Waals surface area contributed by atoms with Gasteiger partial charge in [0.1, 0.15) is 0 Å². The maximum Gasteiger partial charge on any atom is 0.338 e. The number of esters is 1. The van der Waals surface area contributed by atoms with Gasteiger partial charge in [0.15, 0.2) is 0 Å². The van der Waals surface area contributed by atoms with Crippen molar-refractivity contribution in [3.05, 3.63) is 59.7 Å². The van der Waals surface area contributed by atoms with Gasteiger partial charge in [-0.15, -0.1) is 0 Å². The molecule has 0 aliphatic heterocycles. The number of amides is 4. The topological polar surface area (TPSA) is 157 Å². The molecule has 0 radical (unpaired) electrons. The molecule has 2 aromatic rings. The number of unbranched alkanes of at least 4 members (excludes halogenated alkanes) is 1. The fourth-order valence-corrected chi connectivity index (χ4v) is 3.89. The van der Waals surface area contributed by atoms with Gasteiger partial charge in [-0.3, -0.25) is 4.72 Å². The van der Waals surface area contributed by atoms with Gasteiger partial charge in [0.25, 0.3) is 10.0 Å². The summed E-state index contributed by atoms with van der Waals surface area (Å²) in [5.74, 6) is 0.119. The summed E-state index contributed by atoms with van der Waals surface area (Å²) in [6, 6.07) is 10.4. The lowest BCUT2D eigenvalue weighted by Crippen LogP contribution is -2.34. The van der Waals surface area contributed by atoms with E-state index in [1.807, 2.05) is 11.6 Å². The number of carbonyl (C=O) groups excluding carboxylic acids is 3. The predicted molar refractivity (Wildman–Crippen MR) is 122 cm³/mol. The molecule has 5 N–H and O–H groups in total. The van der Waals surface area contributed by atoms with Gasteiger partial charge in [0.2, 0.25) is 0 Å². The Hall–Kier alpha value is -3.25. The Kier molecular flexibility index (Phi) is 9.35. The van der Waals surface area contributed by atoms with Crippen LogP contribution in [0.3, 0.4) is 0 Å². The molecule has 0 aliphatic carbocycles. The number of nitrogens with one attached hydrogen (secondary N) is 3. The molecule has 12 heteroatoms. The Balaban J connectivity index is 1.78. The van der Waals surface area contributed by atoms with E-state index >= 15 is 0 Å². The number of rotatable bonds is 10. The van der Waals surface area contributed by atoms with Crippen LogP contribution in [0.5, 0.6) is 0 Å². The van der Waals surface area contributed by atoms with Crippen LogP contribution in [0.25, 0.3) is 0 Å². The van der Waals surface area contributed by atoms with Crippen LogP contribution in [0, 0.1) is 6.92 Å². The first-order valence-corrected chi connectivity index (χ1v) is 12.0. The molecule has 10 nitrogen and oxygen atoms in total. The predicted octanol–water partition coefficient (Wildman–Crippen LogP) is 2.76. The summed E-state index contributed by atoms with van der Waals surface area (Å²) >= 11 is 1.18. The third-order valence-electron chi connectivity index (χ3n) is 3.98. The molecule has 4 amide bonds. The van der Waals surface area contributed by atoms with Crippen molar-refractivity contribution in [2.45, 2.75) is 24.7 Å².